The van der Waals surface area contributed by atoms with Crippen LogP contribution in [0, 0.1) is 13.8 Å². The lowest BCUT2D eigenvalue weighted by atomic mass is 10.0. The number of aryl methyl sites for hydroxylation is 2. The van der Waals surface area contributed by atoms with Gasteiger partial charge in [0.05, 0.1) is 18.9 Å². The molecule has 1 saturated heterocycles. The molecule has 0 radical (unpaired) electrons. The van der Waals surface area contributed by atoms with Gasteiger partial charge in [0.2, 0.25) is 0 Å². The maximum absolute atomic E-state index is 5.45. The number of aromatic nitrogens is 1. The highest BCUT2D eigenvalue weighted by molar-refractivity contribution is 5.80. The fourth-order valence-corrected chi connectivity index (χ4v) is 2.67. The molecule has 1 N–H and O–H groups in total. The largest absolute Gasteiger partial charge is 0.378 e. The van der Waals surface area contributed by atoms with Gasteiger partial charge >= 0.3 is 0 Å². The Labute approximate surface area is 114 Å². The fourth-order valence-electron chi connectivity index (χ4n) is 2.67. The molecule has 0 saturated carbocycles. The molecule has 0 bridgehead atoms. The Balaban J connectivity index is 1.99. The van der Waals surface area contributed by atoms with Crippen LogP contribution in [0.25, 0.3) is 11.1 Å². The lowest BCUT2D eigenvalue weighted by Crippen LogP contribution is -2.36. The third-order valence-electron chi connectivity index (χ3n) is 3.73. The average molecular weight is 256 g/mol. The van der Waals surface area contributed by atoms with Crippen molar-refractivity contribution >= 4 is 5.69 Å². The molecule has 2 aromatic rings. The highest BCUT2D eigenvalue weighted by Crippen LogP contribution is 2.34. The summed E-state index contributed by atoms with van der Waals surface area (Å²) in [4.78, 5) is 5.79. The van der Waals surface area contributed by atoms with Gasteiger partial charge in [-0.15, -0.1) is 0 Å². The molecule has 0 unspecified atom stereocenters. The highest BCUT2D eigenvalue weighted by Gasteiger charge is 2.19. The molecule has 19 heavy (non-hydrogen) atoms. The third-order valence-corrected chi connectivity index (χ3v) is 3.73. The summed E-state index contributed by atoms with van der Waals surface area (Å²) < 4.78 is 5.45. The molecule has 1 aliphatic heterocycles. The first-order valence-electron chi connectivity index (χ1n) is 6.83. The van der Waals surface area contributed by atoms with Crippen LogP contribution in [-0.4, -0.2) is 31.3 Å². The van der Waals surface area contributed by atoms with Crippen LogP contribution in [-0.2, 0) is 4.74 Å². The number of hydrogen-bond acceptors (Lipinski definition) is 2. The summed E-state index contributed by atoms with van der Waals surface area (Å²) in [5.41, 5.74) is 6.42. The molecular formula is C16H20N2O. The van der Waals surface area contributed by atoms with E-state index in [1.807, 2.05) is 0 Å². The van der Waals surface area contributed by atoms with E-state index >= 15 is 0 Å². The maximum atomic E-state index is 5.45. The van der Waals surface area contributed by atoms with Gasteiger partial charge in [0.25, 0.3) is 0 Å². The van der Waals surface area contributed by atoms with E-state index in [0.29, 0.717) is 0 Å². The van der Waals surface area contributed by atoms with E-state index in [1.165, 1.54) is 28.1 Å². The summed E-state index contributed by atoms with van der Waals surface area (Å²) in [7, 11) is 0. The van der Waals surface area contributed by atoms with E-state index in [2.05, 4.69) is 54.2 Å². The predicted octanol–water partition coefficient (Wildman–Crippen LogP) is 3.14. The fraction of sp³-hybridized carbons (Fsp3) is 0.375. The van der Waals surface area contributed by atoms with Crippen molar-refractivity contribution in [3.05, 3.63) is 41.7 Å². The molecule has 1 aliphatic rings. The third kappa shape index (κ3) is 2.38. The summed E-state index contributed by atoms with van der Waals surface area (Å²) in [6.45, 7) is 7.84. The lowest BCUT2D eigenvalue weighted by Gasteiger charge is -2.30. The van der Waals surface area contributed by atoms with Crippen LogP contribution >= 0.6 is 0 Å². The van der Waals surface area contributed by atoms with Crippen molar-refractivity contribution in [1.82, 2.24) is 4.98 Å². The van der Waals surface area contributed by atoms with Crippen LogP contribution in [0.4, 0.5) is 5.69 Å². The summed E-state index contributed by atoms with van der Waals surface area (Å²) >= 11 is 0. The van der Waals surface area contributed by atoms with Crippen LogP contribution in [0.1, 0.15) is 11.3 Å². The average Bonchev–Trinajstić information content (AvgIpc) is 2.82. The zero-order valence-electron chi connectivity index (χ0n) is 11.6. The van der Waals surface area contributed by atoms with Gasteiger partial charge in [0, 0.05) is 30.5 Å². The molecule has 3 nitrogen and oxygen atoms in total. The summed E-state index contributed by atoms with van der Waals surface area (Å²) in [5.74, 6) is 0. The first-order valence-corrected chi connectivity index (χ1v) is 6.83. The molecule has 100 valence electrons. The van der Waals surface area contributed by atoms with Gasteiger partial charge < -0.3 is 14.6 Å². The number of morpholine rings is 1. The monoisotopic (exact) mass is 256 g/mol. The van der Waals surface area contributed by atoms with Crippen LogP contribution in [0.15, 0.2) is 30.5 Å². The van der Waals surface area contributed by atoms with Crippen molar-refractivity contribution < 1.29 is 4.74 Å². The molecule has 3 heteroatoms. The SMILES string of the molecule is Cc1ccc(-c2c[nH]c(C)c2N2CCOCC2)cc1. The molecule has 3 rings (SSSR count). The minimum atomic E-state index is 0.817. The van der Waals surface area contributed by atoms with Crippen molar-refractivity contribution in [2.24, 2.45) is 0 Å². The zero-order valence-corrected chi connectivity index (χ0v) is 11.6. The number of H-pyrrole nitrogens is 1. The van der Waals surface area contributed by atoms with Crippen molar-refractivity contribution in [3.8, 4) is 11.1 Å². The van der Waals surface area contributed by atoms with Gasteiger partial charge in [-0.05, 0) is 19.4 Å². The molecule has 2 heterocycles. The minimum absolute atomic E-state index is 0.817. The number of anilines is 1. The standard InChI is InChI=1S/C16H20N2O/c1-12-3-5-14(6-4-12)15-11-17-13(2)16(15)18-7-9-19-10-8-18/h3-6,11,17H,7-10H2,1-2H3. The first-order chi connectivity index (χ1) is 9.25. The quantitative estimate of drug-likeness (QED) is 0.894. The van der Waals surface area contributed by atoms with Crippen molar-refractivity contribution in [2.75, 3.05) is 31.2 Å². The van der Waals surface area contributed by atoms with E-state index in [1.54, 1.807) is 0 Å². The van der Waals surface area contributed by atoms with E-state index in [4.69, 9.17) is 4.74 Å². The first kappa shape index (κ1) is 12.3. The molecule has 1 aromatic heterocycles. The topological polar surface area (TPSA) is 28.3 Å². The van der Waals surface area contributed by atoms with Gasteiger partial charge in [-0.1, -0.05) is 29.8 Å². The van der Waals surface area contributed by atoms with Crippen molar-refractivity contribution in [2.45, 2.75) is 13.8 Å². The van der Waals surface area contributed by atoms with Crippen LogP contribution < -0.4 is 4.90 Å². The van der Waals surface area contributed by atoms with E-state index in [-0.39, 0.29) is 0 Å². The Kier molecular flexibility index (Phi) is 3.30. The molecule has 1 aromatic carbocycles. The van der Waals surface area contributed by atoms with Gasteiger partial charge in [-0.3, -0.25) is 0 Å². The van der Waals surface area contributed by atoms with Crippen LogP contribution in [0.3, 0.4) is 0 Å². The number of ether oxygens (including phenoxy) is 1. The van der Waals surface area contributed by atoms with Gasteiger partial charge in [-0.2, -0.15) is 0 Å². The number of rotatable bonds is 2. The summed E-state index contributed by atoms with van der Waals surface area (Å²) in [6, 6.07) is 8.73. The number of benzene rings is 1. The molecule has 1 fully saturated rings. The zero-order chi connectivity index (χ0) is 13.2. The second kappa shape index (κ2) is 5.10. The second-order valence-corrected chi connectivity index (χ2v) is 5.14. The van der Waals surface area contributed by atoms with Crippen LogP contribution in [0.2, 0.25) is 0 Å². The molecule has 0 atom stereocenters. The van der Waals surface area contributed by atoms with Crippen LogP contribution in [0.5, 0.6) is 0 Å². The second-order valence-electron chi connectivity index (χ2n) is 5.14. The Morgan fingerprint density at radius 2 is 1.74 bits per heavy atom. The molecular weight excluding hydrogens is 236 g/mol. The Bertz CT molecular complexity index is 551. The maximum Gasteiger partial charge on any atom is 0.0655 e. The molecule has 0 amide bonds. The van der Waals surface area contributed by atoms with E-state index in [9.17, 15) is 0 Å². The van der Waals surface area contributed by atoms with Gasteiger partial charge in [0.15, 0.2) is 0 Å². The number of hydrogen-bond donors (Lipinski definition) is 1. The number of aromatic amines is 1. The Hall–Kier alpha value is -1.74. The van der Waals surface area contributed by atoms with Gasteiger partial charge in [-0.25, -0.2) is 0 Å². The van der Waals surface area contributed by atoms with Crippen molar-refractivity contribution in [3.63, 3.8) is 0 Å². The minimum Gasteiger partial charge on any atom is -0.378 e. The number of nitrogens with one attached hydrogen (secondary N) is 1. The highest BCUT2D eigenvalue weighted by atomic mass is 16.5. The molecule has 0 spiro atoms. The Morgan fingerprint density at radius 3 is 2.42 bits per heavy atom. The smallest absolute Gasteiger partial charge is 0.0655 e. The lowest BCUT2D eigenvalue weighted by molar-refractivity contribution is 0.122. The predicted molar refractivity (Wildman–Crippen MR) is 78.7 cm³/mol. The summed E-state index contributed by atoms with van der Waals surface area (Å²) in [6.07, 6.45) is 2.12. The Morgan fingerprint density at radius 1 is 1.05 bits per heavy atom. The summed E-state index contributed by atoms with van der Waals surface area (Å²) in [5, 5.41) is 0. The van der Waals surface area contributed by atoms with E-state index in [0.717, 1.165) is 26.3 Å². The molecule has 0 aliphatic carbocycles. The number of nitrogens with zero attached hydrogens (tertiary/aromatic N) is 1. The van der Waals surface area contributed by atoms with E-state index < -0.39 is 0 Å². The van der Waals surface area contributed by atoms with Crippen molar-refractivity contribution in [1.29, 1.82) is 0 Å². The van der Waals surface area contributed by atoms with Gasteiger partial charge in [0.1, 0.15) is 0 Å². The normalized spacial score (nSPS) is 15.8.